The molecule has 98 valence electrons. The summed E-state index contributed by atoms with van der Waals surface area (Å²) in [5, 5.41) is 12.7. The van der Waals surface area contributed by atoms with Crippen molar-refractivity contribution in [3.05, 3.63) is 0 Å². The minimum Gasteiger partial charge on any atom is -0.353 e. The van der Waals surface area contributed by atoms with Gasteiger partial charge in [-0.2, -0.15) is 0 Å². The first-order valence-electron chi connectivity index (χ1n) is 5.86. The number of hydrogen-bond acceptors (Lipinski definition) is 6. The van der Waals surface area contributed by atoms with Crippen molar-refractivity contribution in [2.45, 2.75) is 31.2 Å². The van der Waals surface area contributed by atoms with Gasteiger partial charge in [0.05, 0.1) is 0 Å². The molecule has 1 N–H and O–H groups in total. The molecule has 4 nitrogen and oxygen atoms in total. The van der Waals surface area contributed by atoms with Crippen LogP contribution in [0.2, 0.25) is 0 Å². The first-order valence-corrected chi connectivity index (χ1v) is 7.66. The van der Waals surface area contributed by atoms with Gasteiger partial charge in [0.2, 0.25) is 5.13 Å². The first-order chi connectivity index (χ1) is 7.99. The smallest absolute Gasteiger partial charge is 0.208 e. The van der Waals surface area contributed by atoms with E-state index < -0.39 is 0 Å². The quantitative estimate of drug-likeness (QED) is 0.773. The van der Waals surface area contributed by atoms with Gasteiger partial charge in [-0.15, -0.1) is 10.2 Å². The van der Waals surface area contributed by atoms with E-state index in [0.29, 0.717) is 12.0 Å². The highest BCUT2D eigenvalue weighted by Gasteiger charge is 2.09. The van der Waals surface area contributed by atoms with E-state index in [-0.39, 0.29) is 0 Å². The molecule has 0 saturated heterocycles. The molecule has 1 aromatic heterocycles. The zero-order chi connectivity index (χ0) is 12.8. The average Bonchev–Trinajstić information content (AvgIpc) is 2.72. The van der Waals surface area contributed by atoms with Crippen LogP contribution in [0, 0.1) is 5.92 Å². The molecule has 0 spiro atoms. The van der Waals surface area contributed by atoms with Crippen LogP contribution in [-0.2, 0) is 0 Å². The molecule has 0 amide bonds. The van der Waals surface area contributed by atoms with Crippen molar-refractivity contribution in [3.8, 4) is 0 Å². The second kappa shape index (κ2) is 7.18. The topological polar surface area (TPSA) is 41.1 Å². The molecule has 0 aliphatic carbocycles. The Bertz CT molecular complexity index is 325. The van der Waals surface area contributed by atoms with E-state index >= 15 is 0 Å². The Hall–Kier alpha value is -0.330. The Morgan fingerprint density at radius 3 is 2.53 bits per heavy atom. The van der Waals surface area contributed by atoms with Crippen LogP contribution in [0.15, 0.2) is 4.34 Å². The summed E-state index contributed by atoms with van der Waals surface area (Å²) in [7, 11) is 3.98. The molecular formula is C11H22N4S2. The summed E-state index contributed by atoms with van der Waals surface area (Å²) < 4.78 is 1.06. The molecule has 1 rings (SSSR count). The zero-order valence-electron chi connectivity index (χ0n) is 11.2. The molecule has 0 fully saturated rings. The van der Waals surface area contributed by atoms with Crippen molar-refractivity contribution in [1.29, 1.82) is 0 Å². The summed E-state index contributed by atoms with van der Waals surface area (Å²) in [6.45, 7) is 7.67. The van der Waals surface area contributed by atoms with E-state index in [4.69, 9.17) is 0 Å². The van der Waals surface area contributed by atoms with Crippen LogP contribution in [0.1, 0.15) is 20.8 Å². The van der Waals surface area contributed by atoms with Crippen molar-refractivity contribution in [2.24, 2.45) is 5.92 Å². The molecule has 0 aliphatic heterocycles. The fraction of sp³-hybridized carbons (Fsp3) is 0.818. The predicted octanol–water partition coefficient (Wildman–Crippen LogP) is 2.33. The van der Waals surface area contributed by atoms with Gasteiger partial charge in [0.15, 0.2) is 4.34 Å². The lowest BCUT2D eigenvalue weighted by Crippen LogP contribution is -2.28. The molecule has 0 aliphatic rings. The summed E-state index contributed by atoms with van der Waals surface area (Å²) in [5.74, 6) is 1.73. The minimum absolute atomic E-state index is 0.560. The number of hydrogen-bond donors (Lipinski definition) is 1. The molecule has 1 unspecified atom stereocenters. The number of anilines is 1. The van der Waals surface area contributed by atoms with Crippen molar-refractivity contribution < 1.29 is 0 Å². The van der Waals surface area contributed by atoms with Gasteiger partial charge >= 0.3 is 0 Å². The number of thioether (sulfide) groups is 1. The summed E-state index contributed by atoms with van der Waals surface area (Å²) in [4.78, 5) is 1.99. The number of nitrogens with one attached hydrogen (secondary N) is 1. The highest BCUT2D eigenvalue weighted by atomic mass is 32.2. The van der Waals surface area contributed by atoms with E-state index in [9.17, 15) is 0 Å². The number of rotatable bonds is 7. The number of aromatic nitrogens is 2. The molecule has 6 heteroatoms. The average molecular weight is 274 g/mol. The highest BCUT2D eigenvalue weighted by Crippen LogP contribution is 2.27. The Balaban J connectivity index is 2.29. The lowest BCUT2D eigenvalue weighted by atomic mass is 10.2. The van der Waals surface area contributed by atoms with Gasteiger partial charge in [-0.1, -0.05) is 43.9 Å². The molecule has 1 atom stereocenters. The van der Waals surface area contributed by atoms with Crippen LogP contribution >= 0.6 is 23.1 Å². The normalized spacial score (nSPS) is 13.1. The van der Waals surface area contributed by atoms with Crippen LogP contribution in [0.3, 0.4) is 0 Å². The lowest BCUT2D eigenvalue weighted by molar-refractivity contribution is 0.510. The molecule has 17 heavy (non-hydrogen) atoms. The van der Waals surface area contributed by atoms with Gasteiger partial charge in [-0.05, 0) is 12.5 Å². The lowest BCUT2D eigenvalue weighted by Gasteiger charge is -2.13. The van der Waals surface area contributed by atoms with Gasteiger partial charge in [-0.3, -0.25) is 0 Å². The van der Waals surface area contributed by atoms with Gasteiger partial charge in [0, 0.05) is 25.9 Å². The molecular weight excluding hydrogens is 252 g/mol. The third-order valence-corrected chi connectivity index (χ3v) is 4.70. The molecule has 0 radical (unpaired) electrons. The Labute approximate surface area is 112 Å². The van der Waals surface area contributed by atoms with Gasteiger partial charge < -0.3 is 10.2 Å². The summed E-state index contributed by atoms with van der Waals surface area (Å²) in [6.07, 6.45) is 0. The van der Waals surface area contributed by atoms with Gasteiger partial charge in [0.25, 0.3) is 0 Å². The summed E-state index contributed by atoms with van der Waals surface area (Å²) in [5.41, 5.74) is 0. The van der Waals surface area contributed by atoms with Crippen molar-refractivity contribution in [1.82, 2.24) is 15.5 Å². The van der Waals surface area contributed by atoms with Crippen molar-refractivity contribution >= 4 is 28.2 Å². The first kappa shape index (κ1) is 14.7. The Morgan fingerprint density at radius 2 is 2.00 bits per heavy atom. The van der Waals surface area contributed by atoms with Crippen LogP contribution in [-0.4, -0.2) is 42.6 Å². The fourth-order valence-electron chi connectivity index (χ4n) is 1.15. The largest absolute Gasteiger partial charge is 0.353 e. The van der Waals surface area contributed by atoms with E-state index in [1.54, 1.807) is 23.1 Å². The van der Waals surface area contributed by atoms with Crippen molar-refractivity contribution in [3.63, 3.8) is 0 Å². The van der Waals surface area contributed by atoms with Crippen LogP contribution in [0.5, 0.6) is 0 Å². The number of nitrogens with zero attached hydrogens (tertiary/aromatic N) is 3. The van der Waals surface area contributed by atoms with E-state index in [1.807, 2.05) is 19.0 Å². The van der Waals surface area contributed by atoms with Gasteiger partial charge in [-0.25, -0.2) is 0 Å². The van der Waals surface area contributed by atoms with E-state index in [2.05, 4.69) is 36.3 Å². The zero-order valence-corrected chi connectivity index (χ0v) is 12.9. The minimum atomic E-state index is 0.560. The maximum Gasteiger partial charge on any atom is 0.208 e. The van der Waals surface area contributed by atoms with Crippen LogP contribution in [0.25, 0.3) is 0 Å². The van der Waals surface area contributed by atoms with Gasteiger partial charge in [0.1, 0.15) is 0 Å². The molecule has 0 aromatic carbocycles. The second-order valence-electron chi connectivity index (χ2n) is 4.72. The van der Waals surface area contributed by atoms with Crippen molar-refractivity contribution in [2.75, 3.05) is 31.3 Å². The van der Waals surface area contributed by atoms with E-state index in [1.165, 1.54) is 0 Å². The fourth-order valence-corrected chi connectivity index (χ4v) is 2.96. The highest BCUT2D eigenvalue weighted by molar-refractivity contribution is 8.01. The third-order valence-electron chi connectivity index (χ3n) is 2.14. The molecule has 1 aromatic rings. The SMILES string of the molecule is CC(CNC(C)C)CSc1nnc(N(C)C)s1. The third kappa shape index (κ3) is 5.70. The standard InChI is InChI=1S/C11H22N4S2/c1-8(2)12-6-9(3)7-16-11-14-13-10(17-11)15(4)5/h8-9,12H,6-7H2,1-5H3. The second-order valence-corrected chi connectivity index (χ2v) is 6.95. The van der Waals surface area contributed by atoms with Crippen LogP contribution in [0.4, 0.5) is 5.13 Å². The molecule has 1 heterocycles. The monoisotopic (exact) mass is 274 g/mol. The molecule has 0 bridgehead atoms. The Morgan fingerprint density at radius 1 is 1.29 bits per heavy atom. The van der Waals surface area contributed by atoms with E-state index in [0.717, 1.165) is 21.8 Å². The predicted molar refractivity (Wildman–Crippen MR) is 77.3 cm³/mol. The van der Waals surface area contributed by atoms with Crippen LogP contribution < -0.4 is 10.2 Å². The maximum atomic E-state index is 4.17. The molecule has 0 saturated carbocycles. The summed E-state index contributed by atoms with van der Waals surface area (Å²) in [6, 6.07) is 0.560. The summed E-state index contributed by atoms with van der Waals surface area (Å²) >= 11 is 3.45. The Kier molecular flexibility index (Phi) is 6.22. The maximum absolute atomic E-state index is 4.17.